The Hall–Kier alpha value is -3.41. The summed E-state index contributed by atoms with van der Waals surface area (Å²) >= 11 is 0. The minimum atomic E-state index is -0.384. The van der Waals surface area contributed by atoms with Crippen LogP contribution in [0.1, 0.15) is 11.1 Å². The number of ether oxygens (including phenoxy) is 1. The van der Waals surface area contributed by atoms with E-state index in [-0.39, 0.29) is 18.1 Å². The first-order valence-corrected chi connectivity index (χ1v) is 9.01. The lowest BCUT2D eigenvalue weighted by atomic mass is 10.1. The van der Waals surface area contributed by atoms with Crippen LogP contribution in [-0.2, 0) is 17.6 Å². The second-order valence-electron chi connectivity index (χ2n) is 6.24. The lowest BCUT2D eigenvalue weighted by molar-refractivity contribution is -0.115. The number of rotatable bonds is 8. The maximum atomic E-state index is 13.6. The Labute approximate surface area is 163 Å². The largest absolute Gasteiger partial charge is 0.496 e. The molecule has 1 heterocycles. The van der Waals surface area contributed by atoms with E-state index in [9.17, 15) is 9.18 Å². The molecule has 144 valence electrons. The number of amides is 1. The molecule has 28 heavy (non-hydrogen) atoms. The number of hydrogen-bond donors (Lipinski definition) is 2. The summed E-state index contributed by atoms with van der Waals surface area (Å²) in [5, 5.41) is 5.97. The zero-order valence-corrected chi connectivity index (χ0v) is 15.6. The van der Waals surface area contributed by atoms with Gasteiger partial charge in [0.05, 0.1) is 25.4 Å². The van der Waals surface area contributed by atoms with Gasteiger partial charge in [-0.2, -0.15) is 0 Å². The molecule has 5 nitrogen and oxygen atoms in total. The van der Waals surface area contributed by atoms with E-state index < -0.39 is 0 Å². The maximum Gasteiger partial charge on any atom is 0.228 e. The molecule has 1 amide bonds. The first-order chi connectivity index (χ1) is 13.7. The van der Waals surface area contributed by atoms with Gasteiger partial charge in [0, 0.05) is 6.54 Å². The fourth-order valence-corrected chi connectivity index (χ4v) is 2.83. The highest BCUT2D eigenvalue weighted by Crippen LogP contribution is 2.18. The number of para-hydroxylation sites is 1. The first kappa shape index (κ1) is 19.4. The van der Waals surface area contributed by atoms with E-state index in [1.807, 2.05) is 24.3 Å². The van der Waals surface area contributed by atoms with Gasteiger partial charge in [0.2, 0.25) is 5.91 Å². The number of pyridine rings is 1. The number of anilines is 2. The molecule has 0 aliphatic carbocycles. The average molecular weight is 379 g/mol. The second kappa shape index (κ2) is 9.50. The number of carbonyl (C=O) groups excluding carboxylic acids is 1. The summed E-state index contributed by atoms with van der Waals surface area (Å²) in [6.07, 6.45) is 2.35. The fourth-order valence-electron chi connectivity index (χ4n) is 2.83. The minimum absolute atomic E-state index is 0.0222. The second-order valence-corrected chi connectivity index (χ2v) is 6.24. The van der Waals surface area contributed by atoms with E-state index in [2.05, 4.69) is 15.6 Å². The molecule has 0 aliphatic rings. The lowest BCUT2D eigenvalue weighted by Gasteiger charge is -2.10. The molecule has 0 unspecified atom stereocenters. The van der Waals surface area contributed by atoms with E-state index in [0.29, 0.717) is 23.6 Å². The molecule has 0 atom stereocenters. The van der Waals surface area contributed by atoms with Crippen LogP contribution in [0.3, 0.4) is 0 Å². The van der Waals surface area contributed by atoms with Gasteiger partial charge in [0.15, 0.2) is 0 Å². The van der Waals surface area contributed by atoms with Gasteiger partial charge >= 0.3 is 0 Å². The molecule has 0 bridgehead atoms. The number of carbonyl (C=O) groups is 1. The van der Waals surface area contributed by atoms with Crippen molar-refractivity contribution in [3.8, 4) is 5.75 Å². The average Bonchev–Trinajstić information content (AvgIpc) is 2.71. The van der Waals surface area contributed by atoms with Crippen molar-refractivity contribution in [2.24, 2.45) is 0 Å². The molecular weight excluding hydrogens is 357 g/mol. The van der Waals surface area contributed by atoms with E-state index in [1.165, 1.54) is 6.07 Å². The molecule has 0 aliphatic heterocycles. The molecule has 1 aromatic heterocycles. The monoisotopic (exact) mass is 379 g/mol. The van der Waals surface area contributed by atoms with Gasteiger partial charge in [0.25, 0.3) is 0 Å². The fraction of sp³-hybridized carbons (Fsp3) is 0.182. The predicted octanol–water partition coefficient (Wildman–Crippen LogP) is 4.07. The smallest absolute Gasteiger partial charge is 0.228 e. The Bertz CT molecular complexity index is 929. The van der Waals surface area contributed by atoms with Gasteiger partial charge in [-0.3, -0.25) is 4.79 Å². The van der Waals surface area contributed by atoms with Gasteiger partial charge in [-0.15, -0.1) is 0 Å². The molecule has 3 rings (SSSR count). The number of halogens is 1. The number of benzene rings is 2. The van der Waals surface area contributed by atoms with Crippen LogP contribution in [0.5, 0.6) is 5.75 Å². The maximum absolute atomic E-state index is 13.6. The molecule has 6 heteroatoms. The highest BCUT2D eigenvalue weighted by atomic mass is 19.1. The number of nitrogens with one attached hydrogen (secondary N) is 2. The number of methoxy groups -OCH3 is 1. The lowest BCUT2D eigenvalue weighted by Crippen LogP contribution is -2.15. The van der Waals surface area contributed by atoms with Crippen molar-refractivity contribution >= 4 is 17.4 Å². The van der Waals surface area contributed by atoms with E-state index in [0.717, 1.165) is 17.7 Å². The van der Waals surface area contributed by atoms with Crippen LogP contribution >= 0.6 is 0 Å². The van der Waals surface area contributed by atoms with Gasteiger partial charge < -0.3 is 15.4 Å². The number of aromatic nitrogens is 1. The molecule has 0 radical (unpaired) electrons. The third kappa shape index (κ3) is 5.30. The molecule has 0 saturated carbocycles. The van der Waals surface area contributed by atoms with Crippen molar-refractivity contribution in [2.45, 2.75) is 12.8 Å². The summed E-state index contributed by atoms with van der Waals surface area (Å²) in [6.45, 7) is 0.701. The quantitative estimate of drug-likeness (QED) is 0.619. The van der Waals surface area contributed by atoms with Crippen molar-refractivity contribution in [1.29, 1.82) is 0 Å². The van der Waals surface area contributed by atoms with Crippen LogP contribution in [-0.4, -0.2) is 24.5 Å². The van der Waals surface area contributed by atoms with Crippen molar-refractivity contribution in [1.82, 2.24) is 4.98 Å². The Morgan fingerprint density at radius 3 is 2.50 bits per heavy atom. The van der Waals surface area contributed by atoms with E-state index >= 15 is 0 Å². The highest BCUT2D eigenvalue weighted by molar-refractivity contribution is 5.92. The molecule has 2 N–H and O–H groups in total. The summed E-state index contributed by atoms with van der Waals surface area (Å²) in [7, 11) is 1.66. The molecule has 3 aromatic rings. The van der Waals surface area contributed by atoms with Crippen LogP contribution in [0.2, 0.25) is 0 Å². The van der Waals surface area contributed by atoms with Crippen molar-refractivity contribution in [2.75, 3.05) is 24.3 Å². The van der Waals surface area contributed by atoms with Crippen molar-refractivity contribution in [3.05, 3.63) is 83.8 Å². The van der Waals surface area contributed by atoms with Crippen molar-refractivity contribution in [3.63, 3.8) is 0 Å². The Balaban J connectivity index is 1.49. The van der Waals surface area contributed by atoms with Gasteiger partial charge in [-0.05, 0) is 41.8 Å². The standard InChI is InChI=1S/C22H22FN3O2/c1-28-20-9-5-3-6-16(20)12-13-24-21-11-10-18(15-25-21)26-22(27)14-17-7-2-4-8-19(17)23/h2-11,15H,12-14H2,1H3,(H,24,25)(H,26,27). The topological polar surface area (TPSA) is 63.2 Å². The first-order valence-electron chi connectivity index (χ1n) is 9.01. The summed E-state index contributed by atoms with van der Waals surface area (Å²) in [5.74, 6) is 0.904. The summed E-state index contributed by atoms with van der Waals surface area (Å²) in [4.78, 5) is 16.4. The zero-order valence-electron chi connectivity index (χ0n) is 15.6. The predicted molar refractivity (Wildman–Crippen MR) is 108 cm³/mol. The van der Waals surface area contributed by atoms with E-state index in [1.54, 1.807) is 43.6 Å². The van der Waals surface area contributed by atoms with Crippen LogP contribution in [0, 0.1) is 5.82 Å². The summed E-state index contributed by atoms with van der Waals surface area (Å²) < 4.78 is 19.0. The highest BCUT2D eigenvalue weighted by Gasteiger charge is 2.08. The van der Waals surface area contributed by atoms with Crippen LogP contribution in [0.25, 0.3) is 0 Å². The Morgan fingerprint density at radius 1 is 1.04 bits per heavy atom. The van der Waals surface area contributed by atoms with Crippen LogP contribution in [0.4, 0.5) is 15.9 Å². The normalized spacial score (nSPS) is 10.4. The third-order valence-electron chi connectivity index (χ3n) is 4.25. The Kier molecular flexibility index (Phi) is 6.57. The molecule has 0 spiro atoms. The van der Waals surface area contributed by atoms with Gasteiger partial charge in [0.1, 0.15) is 17.4 Å². The summed E-state index contributed by atoms with van der Waals surface area (Å²) in [5.41, 5.74) is 2.05. The molecular formula is C22H22FN3O2. The third-order valence-corrected chi connectivity index (χ3v) is 4.25. The molecule has 2 aromatic carbocycles. The van der Waals surface area contributed by atoms with E-state index in [4.69, 9.17) is 4.74 Å². The number of hydrogen-bond acceptors (Lipinski definition) is 4. The Morgan fingerprint density at radius 2 is 1.79 bits per heavy atom. The summed E-state index contributed by atoms with van der Waals surface area (Å²) in [6, 6.07) is 17.7. The zero-order chi connectivity index (χ0) is 19.8. The van der Waals surface area contributed by atoms with Gasteiger partial charge in [-0.1, -0.05) is 36.4 Å². The molecule has 0 fully saturated rings. The SMILES string of the molecule is COc1ccccc1CCNc1ccc(NC(=O)Cc2ccccc2F)cn1. The van der Waals surface area contributed by atoms with Crippen LogP contribution in [0.15, 0.2) is 66.9 Å². The van der Waals surface area contributed by atoms with Crippen molar-refractivity contribution < 1.29 is 13.9 Å². The van der Waals surface area contributed by atoms with Crippen LogP contribution < -0.4 is 15.4 Å². The number of nitrogens with zero attached hydrogens (tertiary/aromatic N) is 1. The molecule has 0 saturated heterocycles. The van der Waals surface area contributed by atoms with Gasteiger partial charge in [-0.25, -0.2) is 9.37 Å². The minimum Gasteiger partial charge on any atom is -0.496 e.